The Morgan fingerprint density at radius 1 is 1.71 bits per heavy atom. The summed E-state index contributed by atoms with van der Waals surface area (Å²) in [6, 6.07) is 1.91. The van der Waals surface area contributed by atoms with E-state index in [1.165, 1.54) is 11.3 Å². The summed E-state index contributed by atoms with van der Waals surface area (Å²) in [5.74, 6) is 1.22. The topological polar surface area (TPSA) is 55.6 Å². The molecule has 1 aliphatic rings. The van der Waals surface area contributed by atoms with Gasteiger partial charge in [0.1, 0.15) is 10.6 Å². The van der Waals surface area contributed by atoms with Crippen molar-refractivity contribution in [2.75, 3.05) is 26.7 Å². The van der Waals surface area contributed by atoms with Crippen molar-refractivity contribution in [2.45, 2.75) is 13.3 Å². The molecule has 2 rings (SSSR count). The molecule has 4 nitrogen and oxygen atoms in total. The quantitative estimate of drug-likeness (QED) is 0.889. The second kappa shape index (κ2) is 5.06. The van der Waals surface area contributed by atoms with Crippen molar-refractivity contribution in [1.29, 1.82) is 0 Å². The molecule has 17 heavy (non-hydrogen) atoms. The van der Waals surface area contributed by atoms with Gasteiger partial charge in [-0.3, -0.25) is 4.79 Å². The molecule has 0 spiro atoms. The molecule has 1 aliphatic heterocycles. The van der Waals surface area contributed by atoms with E-state index >= 15 is 0 Å². The largest absolute Gasteiger partial charge is 0.495 e. The molecular weight excluding hydrogens is 236 g/mol. The zero-order valence-electron chi connectivity index (χ0n) is 10.2. The summed E-state index contributed by atoms with van der Waals surface area (Å²) < 4.78 is 5.24. The Labute approximate surface area is 105 Å². The predicted octanol–water partition coefficient (Wildman–Crippen LogP) is 1.49. The van der Waals surface area contributed by atoms with Crippen LogP contribution in [0.25, 0.3) is 0 Å². The van der Waals surface area contributed by atoms with Gasteiger partial charge < -0.3 is 15.4 Å². The Morgan fingerprint density at radius 2 is 2.47 bits per heavy atom. The van der Waals surface area contributed by atoms with Gasteiger partial charge in [0.2, 0.25) is 0 Å². The predicted molar refractivity (Wildman–Crippen MR) is 68.7 cm³/mol. The van der Waals surface area contributed by atoms with Crippen LogP contribution in [-0.4, -0.2) is 37.6 Å². The maximum atomic E-state index is 12.3. The van der Waals surface area contributed by atoms with Crippen LogP contribution in [0.1, 0.15) is 21.0 Å². The highest BCUT2D eigenvalue weighted by molar-refractivity contribution is 7.14. The number of aryl methyl sites for hydroxylation is 1. The Kier molecular flexibility index (Phi) is 3.69. The number of carbonyl (C=O) groups is 1. The van der Waals surface area contributed by atoms with E-state index in [0.717, 1.165) is 24.4 Å². The van der Waals surface area contributed by atoms with Gasteiger partial charge in [-0.1, -0.05) is 0 Å². The Hall–Kier alpha value is -1.07. The zero-order valence-corrected chi connectivity index (χ0v) is 11.0. The number of hydrogen-bond donors (Lipinski definition) is 1. The molecule has 1 unspecified atom stereocenters. The van der Waals surface area contributed by atoms with Crippen molar-refractivity contribution in [3.8, 4) is 5.75 Å². The minimum atomic E-state index is 0.0795. The number of nitrogens with zero attached hydrogens (tertiary/aromatic N) is 1. The number of likely N-dealkylation sites (tertiary alicyclic amines) is 1. The van der Waals surface area contributed by atoms with Gasteiger partial charge in [0.15, 0.2) is 0 Å². The molecular formula is C12H18N2O2S. The number of nitrogens with two attached hydrogens (primary N) is 1. The molecule has 1 aromatic rings. The maximum Gasteiger partial charge on any atom is 0.267 e. The van der Waals surface area contributed by atoms with Gasteiger partial charge >= 0.3 is 0 Å². The van der Waals surface area contributed by atoms with E-state index in [0.29, 0.717) is 23.1 Å². The van der Waals surface area contributed by atoms with E-state index in [4.69, 9.17) is 10.5 Å². The summed E-state index contributed by atoms with van der Waals surface area (Å²) in [7, 11) is 1.60. The van der Waals surface area contributed by atoms with Gasteiger partial charge in [-0.05, 0) is 31.9 Å². The fourth-order valence-corrected chi connectivity index (χ4v) is 3.09. The summed E-state index contributed by atoms with van der Waals surface area (Å²) >= 11 is 1.50. The number of hydrogen-bond acceptors (Lipinski definition) is 4. The van der Waals surface area contributed by atoms with Crippen molar-refractivity contribution in [1.82, 2.24) is 4.90 Å². The zero-order chi connectivity index (χ0) is 12.4. The molecule has 1 fully saturated rings. The van der Waals surface area contributed by atoms with E-state index in [1.807, 2.05) is 17.9 Å². The lowest BCUT2D eigenvalue weighted by atomic mass is 10.1. The van der Waals surface area contributed by atoms with Crippen molar-refractivity contribution in [3.63, 3.8) is 0 Å². The number of rotatable bonds is 3. The third-order valence-corrected chi connectivity index (χ3v) is 4.16. The van der Waals surface area contributed by atoms with E-state index in [2.05, 4.69) is 0 Å². The molecule has 1 atom stereocenters. The van der Waals surface area contributed by atoms with Crippen LogP contribution in [0.3, 0.4) is 0 Å². The van der Waals surface area contributed by atoms with Crippen LogP contribution in [0.4, 0.5) is 0 Å². The molecule has 1 saturated heterocycles. The molecule has 0 aromatic carbocycles. The van der Waals surface area contributed by atoms with Gasteiger partial charge in [-0.15, -0.1) is 11.3 Å². The highest BCUT2D eigenvalue weighted by Gasteiger charge is 2.28. The van der Waals surface area contributed by atoms with Crippen molar-refractivity contribution >= 4 is 17.2 Å². The number of amides is 1. The molecule has 0 bridgehead atoms. The molecule has 1 aromatic heterocycles. The monoisotopic (exact) mass is 254 g/mol. The van der Waals surface area contributed by atoms with Crippen molar-refractivity contribution < 1.29 is 9.53 Å². The van der Waals surface area contributed by atoms with Crippen LogP contribution >= 0.6 is 11.3 Å². The number of thiophene rings is 1. The first-order valence-electron chi connectivity index (χ1n) is 5.79. The molecule has 94 valence electrons. The van der Waals surface area contributed by atoms with E-state index in [-0.39, 0.29) is 5.91 Å². The minimum absolute atomic E-state index is 0.0795. The molecule has 2 heterocycles. The van der Waals surface area contributed by atoms with E-state index < -0.39 is 0 Å². The highest BCUT2D eigenvalue weighted by Crippen LogP contribution is 2.31. The minimum Gasteiger partial charge on any atom is -0.495 e. The first kappa shape index (κ1) is 12.4. The third kappa shape index (κ3) is 2.45. The molecule has 0 aliphatic carbocycles. The fourth-order valence-electron chi connectivity index (χ4n) is 2.14. The Balaban J connectivity index is 2.14. The number of methoxy groups -OCH3 is 1. The molecule has 0 saturated carbocycles. The van der Waals surface area contributed by atoms with Gasteiger partial charge in [0.25, 0.3) is 5.91 Å². The summed E-state index contributed by atoms with van der Waals surface area (Å²) in [6.45, 7) is 4.22. The average Bonchev–Trinajstić information content (AvgIpc) is 2.93. The summed E-state index contributed by atoms with van der Waals surface area (Å²) in [6.07, 6.45) is 1.01. The van der Waals surface area contributed by atoms with Crippen LogP contribution in [0.5, 0.6) is 5.75 Å². The molecule has 1 amide bonds. The fraction of sp³-hybridized carbons (Fsp3) is 0.583. The molecule has 0 radical (unpaired) electrons. The summed E-state index contributed by atoms with van der Waals surface area (Å²) in [4.78, 5) is 16.0. The van der Waals surface area contributed by atoms with Crippen LogP contribution in [0, 0.1) is 12.8 Å². The molecule has 5 heteroatoms. The maximum absolute atomic E-state index is 12.3. The van der Waals surface area contributed by atoms with Gasteiger partial charge in [-0.2, -0.15) is 0 Å². The normalized spacial score (nSPS) is 19.7. The van der Waals surface area contributed by atoms with Crippen molar-refractivity contribution in [2.24, 2.45) is 11.7 Å². The van der Waals surface area contributed by atoms with Gasteiger partial charge in [0.05, 0.1) is 7.11 Å². The highest BCUT2D eigenvalue weighted by atomic mass is 32.1. The van der Waals surface area contributed by atoms with Crippen molar-refractivity contribution in [3.05, 3.63) is 15.8 Å². The number of ether oxygens (including phenoxy) is 1. The van der Waals surface area contributed by atoms with E-state index in [9.17, 15) is 4.79 Å². The first-order chi connectivity index (χ1) is 8.15. The van der Waals surface area contributed by atoms with Gasteiger partial charge in [0, 0.05) is 18.0 Å². The lowest BCUT2D eigenvalue weighted by Crippen LogP contribution is -2.29. The van der Waals surface area contributed by atoms with Crippen LogP contribution in [-0.2, 0) is 0 Å². The average molecular weight is 254 g/mol. The Bertz CT molecular complexity index is 417. The number of carbonyl (C=O) groups excluding carboxylic acids is 1. The summed E-state index contributed by atoms with van der Waals surface area (Å²) in [5.41, 5.74) is 5.63. The van der Waals surface area contributed by atoms with Crippen LogP contribution < -0.4 is 10.5 Å². The molecule has 2 N–H and O–H groups in total. The lowest BCUT2D eigenvalue weighted by Gasteiger charge is -2.15. The third-order valence-electron chi connectivity index (χ3n) is 3.14. The first-order valence-corrected chi connectivity index (χ1v) is 6.61. The second-order valence-corrected chi connectivity index (χ2v) is 5.65. The van der Waals surface area contributed by atoms with Gasteiger partial charge in [-0.25, -0.2) is 0 Å². The smallest absolute Gasteiger partial charge is 0.267 e. The second-order valence-electron chi connectivity index (χ2n) is 4.40. The Morgan fingerprint density at radius 3 is 3.06 bits per heavy atom. The van der Waals surface area contributed by atoms with Crippen LogP contribution in [0.2, 0.25) is 0 Å². The summed E-state index contributed by atoms with van der Waals surface area (Å²) in [5, 5.41) is 0. The SMILES string of the molecule is COc1cc(C)sc1C(=O)N1CCC(CN)C1. The van der Waals surface area contributed by atoms with E-state index in [1.54, 1.807) is 7.11 Å². The standard InChI is InChI=1S/C12H18N2O2S/c1-8-5-10(16-2)11(17-8)12(15)14-4-3-9(6-13)7-14/h5,9H,3-4,6-7,13H2,1-2H3. The van der Waals surface area contributed by atoms with Crippen LogP contribution in [0.15, 0.2) is 6.07 Å². The lowest BCUT2D eigenvalue weighted by molar-refractivity contribution is 0.0789.